The molecular weight excluding hydrogens is 516 g/mol. The van der Waals surface area contributed by atoms with E-state index in [1.54, 1.807) is 24.3 Å². The highest BCUT2D eigenvalue weighted by Crippen LogP contribution is 2.34. The highest BCUT2D eigenvalue weighted by molar-refractivity contribution is 8.18. The lowest BCUT2D eigenvalue weighted by Crippen LogP contribution is -2.32. The van der Waals surface area contributed by atoms with Gasteiger partial charge in [0.15, 0.2) is 18.1 Å². The SMILES string of the molecule is CCOc1cc(/C=C2\SC(=O)N(CCOc3ccccc3)C2=O)ccc1OCC(=O)Nc1cccc(C)c1C. The van der Waals surface area contributed by atoms with Crippen LogP contribution in [0.4, 0.5) is 10.5 Å². The van der Waals surface area contributed by atoms with Gasteiger partial charge in [0.25, 0.3) is 17.1 Å². The molecule has 0 unspecified atom stereocenters. The third-order valence-electron chi connectivity index (χ3n) is 6.00. The Bertz CT molecular complexity index is 1390. The molecule has 3 amide bonds. The van der Waals surface area contributed by atoms with Gasteiger partial charge in [0, 0.05) is 5.69 Å². The molecule has 0 saturated carbocycles. The quantitative estimate of drug-likeness (QED) is 0.302. The maximum Gasteiger partial charge on any atom is 0.293 e. The highest BCUT2D eigenvalue weighted by Gasteiger charge is 2.34. The van der Waals surface area contributed by atoms with Crippen molar-refractivity contribution in [1.82, 2.24) is 4.90 Å². The van der Waals surface area contributed by atoms with Gasteiger partial charge in [-0.15, -0.1) is 0 Å². The molecule has 3 aromatic carbocycles. The number of thioether (sulfide) groups is 1. The molecule has 1 saturated heterocycles. The van der Waals surface area contributed by atoms with Crippen LogP contribution in [0.3, 0.4) is 0 Å². The minimum atomic E-state index is -0.372. The fraction of sp³-hybridized carbons (Fsp3) is 0.233. The minimum Gasteiger partial charge on any atom is -0.492 e. The van der Waals surface area contributed by atoms with Crippen LogP contribution in [0, 0.1) is 13.8 Å². The Kier molecular flexibility index (Phi) is 9.27. The number of hydrogen-bond donors (Lipinski definition) is 1. The zero-order valence-corrected chi connectivity index (χ0v) is 22.9. The number of para-hydroxylation sites is 1. The first-order chi connectivity index (χ1) is 18.9. The van der Waals surface area contributed by atoms with Crippen LogP contribution < -0.4 is 19.5 Å². The average molecular weight is 547 g/mol. The average Bonchev–Trinajstić information content (AvgIpc) is 3.19. The van der Waals surface area contributed by atoms with Gasteiger partial charge in [0.2, 0.25) is 0 Å². The molecule has 9 heteroatoms. The normalized spacial score (nSPS) is 14.0. The molecule has 202 valence electrons. The smallest absolute Gasteiger partial charge is 0.293 e. The Hall–Kier alpha value is -4.24. The summed E-state index contributed by atoms with van der Waals surface area (Å²) in [5.41, 5.74) is 3.49. The van der Waals surface area contributed by atoms with E-state index in [0.29, 0.717) is 34.3 Å². The van der Waals surface area contributed by atoms with Crippen LogP contribution in [0.1, 0.15) is 23.6 Å². The van der Waals surface area contributed by atoms with Gasteiger partial charge in [0.05, 0.1) is 18.1 Å². The number of ether oxygens (including phenoxy) is 3. The van der Waals surface area contributed by atoms with Crippen LogP contribution in [0.25, 0.3) is 6.08 Å². The van der Waals surface area contributed by atoms with Crippen molar-refractivity contribution in [3.05, 3.63) is 88.3 Å². The molecule has 1 fully saturated rings. The molecule has 1 aliphatic heterocycles. The molecule has 8 nitrogen and oxygen atoms in total. The third kappa shape index (κ3) is 7.20. The van der Waals surface area contributed by atoms with Gasteiger partial charge >= 0.3 is 0 Å². The first kappa shape index (κ1) is 27.8. The van der Waals surface area contributed by atoms with E-state index in [1.165, 1.54) is 4.90 Å². The summed E-state index contributed by atoms with van der Waals surface area (Å²) in [5.74, 6) is 0.842. The van der Waals surface area contributed by atoms with Crippen LogP contribution in [0.15, 0.2) is 71.6 Å². The molecule has 3 aromatic rings. The summed E-state index contributed by atoms with van der Waals surface area (Å²) in [7, 11) is 0. The molecule has 0 spiro atoms. The summed E-state index contributed by atoms with van der Waals surface area (Å²) < 4.78 is 17.1. The number of imide groups is 1. The summed E-state index contributed by atoms with van der Waals surface area (Å²) in [5, 5.41) is 2.52. The summed E-state index contributed by atoms with van der Waals surface area (Å²) >= 11 is 0.881. The predicted molar refractivity (Wildman–Crippen MR) is 152 cm³/mol. The van der Waals surface area contributed by atoms with Crippen LogP contribution in [-0.4, -0.2) is 48.3 Å². The van der Waals surface area contributed by atoms with Crippen LogP contribution in [0.2, 0.25) is 0 Å². The van der Waals surface area contributed by atoms with Crippen LogP contribution >= 0.6 is 11.8 Å². The van der Waals surface area contributed by atoms with Crippen molar-refractivity contribution in [3.63, 3.8) is 0 Å². The van der Waals surface area contributed by atoms with Gasteiger partial charge in [-0.1, -0.05) is 36.4 Å². The number of benzene rings is 3. The third-order valence-corrected chi connectivity index (χ3v) is 6.91. The summed E-state index contributed by atoms with van der Waals surface area (Å²) in [4.78, 5) is 39.3. The van der Waals surface area contributed by atoms with E-state index in [2.05, 4.69) is 5.32 Å². The summed E-state index contributed by atoms with van der Waals surface area (Å²) in [6, 6.07) is 20.1. The van der Waals surface area contributed by atoms with Gasteiger partial charge in [-0.3, -0.25) is 19.3 Å². The van der Waals surface area contributed by atoms with Crippen molar-refractivity contribution < 1.29 is 28.6 Å². The van der Waals surface area contributed by atoms with Crippen molar-refractivity contribution in [2.75, 3.05) is 31.7 Å². The highest BCUT2D eigenvalue weighted by atomic mass is 32.2. The standard InChI is InChI=1S/C30H30N2O6S/c1-4-36-26-17-22(13-14-25(26)38-19-28(33)31-24-12-8-9-20(2)21(24)3)18-27-29(34)32(30(35)39-27)15-16-37-23-10-6-5-7-11-23/h5-14,17-18H,4,15-16,19H2,1-3H3,(H,31,33)/b27-18-. The van der Waals surface area contributed by atoms with E-state index >= 15 is 0 Å². The van der Waals surface area contributed by atoms with E-state index in [4.69, 9.17) is 14.2 Å². The molecule has 39 heavy (non-hydrogen) atoms. The number of amides is 3. The van der Waals surface area contributed by atoms with Crippen molar-refractivity contribution in [2.24, 2.45) is 0 Å². The van der Waals surface area contributed by atoms with Crippen molar-refractivity contribution >= 4 is 40.6 Å². The van der Waals surface area contributed by atoms with Crippen molar-refractivity contribution in [3.8, 4) is 17.2 Å². The Morgan fingerprint density at radius 2 is 1.74 bits per heavy atom. The molecule has 0 radical (unpaired) electrons. The number of nitrogens with one attached hydrogen (secondary N) is 1. The van der Waals surface area contributed by atoms with E-state index in [1.807, 2.05) is 69.3 Å². The van der Waals surface area contributed by atoms with Gasteiger partial charge in [0.1, 0.15) is 12.4 Å². The zero-order chi connectivity index (χ0) is 27.8. The number of aryl methyl sites for hydroxylation is 1. The topological polar surface area (TPSA) is 94.2 Å². The Balaban J connectivity index is 1.39. The monoisotopic (exact) mass is 546 g/mol. The van der Waals surface area contributed by atoms with E-state index in [9.17, 15) is 14.4 Å². The largest absolute Gasteiger partial charge is 0.492 e. The second kappa shape index (κ2) is 13.0. The lowest BCUT2D eigenvalue weighted by Gasteiger charge is -2.14. The number of carbonyl (C=O) groups is 3. The first-order valence-corrected chi connectivity index (χ1v) is 13.4. The number of rotatable bonds is 11. The molecule has 0 aromatic heterocycles. The maximum atomic E-state index is 12.9. The fourth-order valence-corrected chi connectivity index (χ4v) is 4.70. The molecule has 0 aliphatic carbocycles. The molecule has 4 rings (SSSR count). The Morgan fingerprint density at radius 3 is 2.51 bits per heavy atom. The minimum absolute atomic E-state index is 0.151. The predicted octanol–water partition coefficient (Wildman–Crippen LogP) is 5.83. The van der Waals surface area contributed by atoms with Gasteiger partial charge in [-0.25, -0.2) is 0 Å². The maximum absolute atomic E-state index is 12.9. The first-order valence-electron chi connectivity index (χ1n) is 12.5. The lowest BCUT2D eigenvalue weighted by molar-refractivity contribution is -0.123. The fourth-order valence-electron chi connectivity index (χ4n) is 3.83. The summed E-state index contributed by atoms with van der Waals surface area (Å²) in [6.07, 6.45) is 1.64. The van der Waals surface area contributed by atoms with Crippen LogP contribution in [-0.2, 0) is 9.59 Å². The molecule has 0 atom stereocenters. The molecule has 1 heterocycles. The molecular formula is C30H30N2O6S. The Morgan fingerprint density at radius 1 is 0.949 bits per heavy atom. The van der Waals surface area contributed by atoms with E-state index in [0.717, 1.165) is 28.6 Å². The van der Waals surface area contributed by atoms with Gasteiger partial charge in [-0.2, -0.15) is 0 Å². The van der Waals surface area contributed by atoms with Gasteiger partial charge < -0.3 is 19.5 Å². The molecule has 1 aliphatic rings. The van der Waals surface area contributed by atoms with Crippen molar-refractivity contribution in [1.29, 1.82) is 0 Å². The van der Waals surface area contributed by atoms with Crippen LogP contribution in [0.5, 0.6) is 17.2 Å². The second-order valence-electron chi connectivity index (χ2n) is 8.72. The number of anilines is 1. The van der Waals surface area contributed by atoms with Gasteiger partial charge in [-0.05, 0) is 85.6 Å². The number of hydrogen-bond acceptors (Lipinski definition) is 7. The molecule has 0 bridgehead atoms. The van der Waals surface area contributed by atoms with Crippen molar-refractivity contribution in [2.45, 2.75) is 20.8 Å². The number of nitrogens with zero attached hydrogens (tertiary/aromatic N) is 1. The molecule has 1 N–H and O–H groups in total. The summed E-state index contributed by atoms with van der Waals surface area (Å²) in [6.45, 7) is 6.31. The van der Waals surface area contributed by atoms with E-state index in [-0.39, 0.29) is 36.8 Å². The Labute approximate surface area is 231 Å². The van der Waals surface area contributed by atoms with E-state index < -0.39 is 0 Å². The lowest BCUT2D eigenvalue weighted by atomic mass is 10.1. The zero-order valence-electron chi connectivity index (χ0n) is 22.1. The second-order valence-corrected chi connectivity index (χ2v) is 9.71. The number of carbonyl (C=O) groups excluding carboxylic acids is 3.